The van der Waals surface area contributed by atoms with Crippen molar-refractivity contribution >= 4 is 27.5 Å². The highest BCUT2D eigenvalue weighted by Crippen LogP contribution is 2.26. The van der Waals surface area contributed by atoms with Crippen LogP contribution in [0.5, 0.6) is 0 Å². The summed E-state index contributed by atoms with van der Waals surface area (Å²) >= 11 is 9.37. The fourth-order valence-corrected chi connectivity index (χ4v) is 1.74. The van der Waals surface area contributed by atoms with E-state index in [0.29, 0.717) is 5.02 Å². The molecule has 0 saturated carbocycles. The lowest BCUT2D eigenvalue weighted by molar-refractivity contribution is 0.741. The Labute approximate surface area is 91.7 Å². The van der Waals surface area contributed by atoms with Crippen LogP contribution in [0.4, 0.5) is 0 Å². The summed E-state index contributed by atoms with van der Waals surface area (Å²) in [6.07, 6.45) is 2.53. The molecule has 0 aliphatic rings. The first-order chi connectivity index (χ1) is 6.15. The van der Waals surface area contributed by atoms with Crippen molar-refractivity contribution in [2.45, 2.75) is 12.5 Å². The van der Waals surface area contributed by atoms with Crippen LogP contribution in [0.1, 0.15) is 18.0 Å². The van der Waals surface area contributed by atoms with Gasteiger partial charge < -0.3 is 5.73 Å². The Morgan fingerprint density at radius 2 is 2.31 bits per heavy atom. The second kappa shape index (κ2) is 4.80. The van der Waals surface area contributed by atoms with E-state index in [1.807, 2.05) is 18.2 Å². The fourth-order valence-electron chi connectivity index (χ4n) is 1.11. The van der Waals surface area contributed by atoms with Crippen LogP contribution in [-0.2, 0) is 0 Å². The number of rotatable bonds is 3. The lowest BCUT2D eigenvalue weighted by Crippen LogP contribution is -2.09. The number of benzene rings is 1. The van der Waals surface area contributed by atoms with Crippen molar-refractivity contribution in [3.05, 3.63) is 45.9 Å². The molecule has 0 bridgehead atoms. The first-order valence-corrected chi connectivity index (χ1v) is 5.13. The second-order valence-electron chi connectivity index (χ2n) is 2.80. The van der Waals surface area contributed by atoms with E-state index in [2.05, 4.69) is 22.5 Å². The van der Waals surface area contributed by atoms with E-state index >= 15 is 0 Å². The quantitative estimate of drug-likeness (QED) is 0.825. The van der Waals surface area contributed by atoms with Crippen molar-refractivity contribution in [3.8, 4) is 0 Å². The average molecular weight is 261 g/mol. The van der Waals surface area contributed by atoms with Gasteiger partial charge >= 0.3 is 0 Å². The summed E-state index contributed by atoms with van der Waals surface area (Å²) in [6, 6.07) is 5.61. The minimum atomic E-state index is -0.0671. The molecule has 0 amide bonds. The predicted molar refractivity (Wildman–Crippen MR) is 60.9 cm³/mol. The van der Waals surface area contributed by atoms with Crippen LogP contribution in [-0.4, -0.2) is 0 Å². The third kappa shape index (κ3) is 2.83. The van der Waals surface area contributed by atoms with E-state index in [4.69, 9.17) is 17.3 Å². The summed E-state index contributed by atoms with van der Waals surface area (Å²) < 4.78 is 0.992. The van der Waals surface area contributed by atoms with Crippen LogP contribution in [0.2, 0.25) is 5.02 Å². The Hall–Kier alpha value is -0.310. The summed E-state index contributed by atoms with van der Waals surface area (Å²) in [5.74, 6) is 0. The highest BCUT2D eigenvalue weighted by atomic mass is 79.9. The highest BCUT2D eigenvalue weighted by Gasteiger charge is 2.08. The van der Waals surface area contributed by atoms with E-state index in [1.165, 1.54) is 0 Å². The number of nitrogens with two attached hydrogens (primary N) is 1. The molecule has 1 nitrogen and oxygen atoms in total. The molecule has 0 aliphatic carbocycles. The molecule has 0 saturated heterocycles. The normalized spacial score (nSPS) is 12.5. The summed E-state index contributed by atoms with van der Waals surface area (Å²) in [7, 11) is 0. The molecule has 0 radical (unpaired) electrons. The maximum absolute atomic E-state index is 5.99. The molecule has 70 valence electrons. The Morgan fingerprint density at radius 1 is 1.62 bits per heavy atom. The van der Waals surface area contributed by atoms with Gasteiger partial charge in [0.2, 0.25) is 0 Å². The summed E-state index contributed by atoms with van der Waals surface area (Å²) in [4.78, 5) is 0. The third-order valence-electron chi connectivity index (χ3n) is 1.78. The number of halogens is 2. The first kappa shape index (κ1) is 10.8. The van der Waals surface area contributed by atoms with Gasteiger partial charge in [-0.15, -0.1) is 6.58 Å². The SMILES string of the molecule is C=CCC(N)c1cc(Br)ccc1Cl. The van der Waals surface area contributed by atoms with Gasteiger partial charge in [-0.1, -0.05) is 33.6 Å². The van der Waals surface area contributed by atoms with Gasteiger partial charge in [-0.3, -0.25) is 0 Å². The average Bonchev–Trinajstić information content (AvgIpc) is 2.09. The summed E-state index contributed by atoms with van der Waals surface area (Å²) in [5, 5.41) is 0.706. The molecule has 1 unspecified atom stereocenters. The summed E-state index contributed by atoms with van der Waals surface area (Å²) in [5.41, 5.74) is 6.85. The molecule has 1 atom stereocenters. The Balaban J connectivity index is 2.97. The van der Waals surface area contributed by atoms with Crippen LogP contribution in [0.3, 0.4) is 0 Å². The molecule has 0 spiro atoms. The zero-order valence-corrected chi connectivity index (χ0v) is 9.48. The Morgan fingerprint density at radius 3 is 2.92 bits per heavy atom. The molecule has 13 heavy (non-hydrogen) atoms. The van der Waals surface area contributed by atoms with Crippen molar-refractivity contribution in [2.75, 3.05) is 0 Å². The zero-order valence-electron chi connectivity index (χ0n) is 7.13. The molecule has 0 aliphatic heterocycles. The molecular formula is C10H11BrClN. The maximum Gasteiger partial charge on any atom is 0.0454 e. The van der Waals surface area contributed by atoms with Gasteiger partial charge in [0.15, 0.2) is 0 Å². The largest absolute Gasteiger partial charge is 0.324 e. The monoisotopic (exact) mass is 259 g/mol. The van der Waals surface area contributed by atoms with Crippen molar-refractivity contribution in [3.63, 3.8) is 0 Å². The predicted octanol–water partition coefficient (Wildman–Crippen LogP) is 3.68. The molecule has 1 rings (SSSR count). The van der Waals surface area contributed by atoms with Crippen LogP contribution >= 0.6 is 27.5 Å². The van der Waals surface area contributed by atoms with Crippen LogP contribution < -0.4 is 5.73 Å². The number of hydrogen-bond donors (Lipinski definition) is 1. The number of hydrogen-bond acceptors (Lipinski definition) is 1. The lowest BCUT2D eigenvalue weighted by Gasteiger charge is -2.11. The second-order valence-corrected chi connectivity index (χ2v) is 4.12. The van der Waals surface area contributed by atoms with Crippen molar-refractivity contribution in [1.82, 2.24) is 0 Å². The van der Waals surface area contributed by atoms with Gasteiger partial charge in [-0.05, 0) is 30.2 Å². The fraction of sp³-hybridized carbons (Fsp3) is 0.200. The van der Waals surface area contributed by atoms with Gasteiger partial charge in [0.1, 0.15) is 0 Å². The van der Waals surface area contributed by atoms with Gasteiger partial charge in [0.05, 0.1) is 0 Å². The smallest absolute Gasteiger partial charge is 0.0454 e. The third-order valence-corrected chi connectivity index (χ3v) is 2.62. The minimum absolute atomic E-state index is 0.0671. The minimum Gasteiger partial charge on any atom is -0.324 e. The molecule has 0 fully saturated rings. The molecule has 3 heteroatoms. The van der Waals surface area contributed by atoms with E-state index < -0.39 is 0 Å². The molecule has 1 aromatic carbocycles. The molecule has 0 heterocycles. The highest BCUT2D eigenvalue weighted by molar-refractivity contribution is 9.10. The standard InChI is InChI=1S/C10H11BrClN/c1-2-3-10(13)8-6-7(11)4-5-9(8)12/h2,4-6,10H,1,3,13H2. The van der Waals surface area contributed by atoms with E-state index in [0.717, 1.165) is 16.5 Å². The van der Waals surface area contributed by atoms with Gasteiger partial charge in [0, 0.05) is 15.5 Å². The van der Waals surface area contributed by atoms with Crippen molar-refractivity contribution in [1.29, 1.82) is 0 Å². The van der Waals surface area contributed by atoms with E-state index in [-0.39, 0.29) is 6.04 Å². The molecular weight excluding hydrogens is 249 g/mol. The lowest BCUT2D eigenvalue weighted by atomic mass is 10.1. The zero-order chi connectivity index (χ0) is 9.84. The van der Waals surface area contributed by atoms with Crippen LogP contribution in [0.15, 0.2) is 35.3 Å². The summed E-state index contributed by atoms with van der Waals surface area (Å²) in [6.45, 7) is 3.64. The van der Waals surface area contributed by atoms with Crippen LogP contribution in [0.25, 0.3) is 0 Å². The Kier molecular flexibility index (Phi) is 3.97. The van der Waals surface area contributed by atoms with Gasteiger partial charge in [-0.2, -0.15) is 0 Å². The van der Waals surface area contributed by atoms with E-state index in [9.17, 15) is 0 Å². The Bertz CT molecular complexity index is 312. The van der Waals surface area contributed by atoms with Gasteiger partial charge in [0.25, 0.3) is 0 Å². The van der Waals surface area contributed by atoms with Gasteiger partial charge in [-0.25, -0.2) is 0 Å². The van der Waals surface area contributed by atoms with E-state index in [1.54, 1.807) is 6.08 Å². The van der Waals surface area contributed by atoms with Crippen molar-refractivity contribution in [2.24, 2.45) is 5.73 Å². The molecule has 0 aromatic heterocycles. The molecule has 1 aromatic rings. The topological polar surface area (TPSA) is 26.0 Å². The van der Waals surface area contributed by atoms with Crippen LogP contribution in [0, 0.1) is 0 Å². The van der Waals surface area contributed by atoms with Crippen molar-refractivity contribution < 1.29 is 0 Å². The maximum atomic E-state index is 5.99. The first-order valence-electron chi connectivity index (χ1n) is 3.96. The molecule has 2 N–H and O–H groups in total.